The number of hydrogen-bond acceptors (Lipinski definition) is 3. The second-order valence-electron chi connectivity index (χ2n) is 4.28. The van der Waals surface area contributed by atoms with Crippen LogP contribution in [-0.4, -0.2) is 11.5 Å². The maximum atomic E-state index is 4.26. The van der Waals surface area contributed by atoms with E-state index in [4.69, 9.17) is 0 Å². The van der Waals surface area contributed by atoms with Gasteiger partial charge in [0.25, 0.3) is 0 Å². The zero-order valence-electron chi connectivity index (χ0n) is 8.70. The summed E-state index contributed by atoms with van der Waals surface area (Å²) in [7, 11) is 0. The molecule has 1 N–H and O–H groups in total. The van der Waals surface area contributed by atoms with Crippen LogP contribution in [0.1, 0.15) is 31.9 Å². The Morgan fingerprint density at radius 3 is 3.14 bits per heavy atom. The molecule has 1 aliphatic carbocycles. The van der Waals surface area contributed by atoms with Gasteiger partial charge in [0.05, 0.1) is 11.2 Å². The lowest BCUT2D eigenvalue weighted by atomic mass is 9.98. The molecule has 0 spiro atoms. The van der Waals surface area contributed by atoms with E-state index in [1.54, 1.807) is 11.3 Å². The van der Waals surface area contributed by atoms with E-state index < -0.39 is 0 Å². The summed E-state index contributed by atoms with van der Waals surface area (Å²) < 4.78 is 0. The molecule has 2 atom stereocenters. The molecule has 2 unspecified atom stereocenters. The average Bonchev–Trinajstić information content (AvgIpc) is 2.78. The Hall–Kier alpha value is -0.410. The summed E-state index contributed by atoms with van der Waals surface area (Å²) in [6.45, 7) is 4.48. The highest BCUT2D eigenvalue weighted by molar-refractivity contribution is 7.07. The van der Waals surface area contributed by atoms with Crippen molar-refractivity contribution >= 4 is 11.3 Å². The fourth-order valence-electron chi connectivity index (χ4n) is 2.24. The second-order valence-corrected chi connectivity index (χ2v) is 5.00. The fraction of sp³-hybridized carbons (Fsp3) is 0.727. The molecule has 1 fully saturated rings. The van der Waals surface area contributed by atoms with Crippen LogP contribution in [0, 0.1) is 11.8 Å². The highest BCUT2D eigenvalue weighted by Crippen LogP contribution is 2.30. The molecular formula is C11H18N2S. The molecular weight excluding hydrogens is 192 g/mol. The summed E-state index contributed by atoms with van der Waals surface area (Å²) in [5.74, 6) is 1.81. The van der Waals surface area contributed by atoms with Crippen LogP contribution in [0.15, 0.2) is 10.9 Å². The van der Waals surface area contributed by atoms with Gasteiger partial charge in [-0.2, -0.15) is 0 Å². The van der Waals surface area contributed by atoms with Gasteiger partial charge in [-0.3, -0.25) is 0 Å². The fourth-order valence-corrected chi connectivity index (χ4v) is 2.79. The molecule has 0 bridgehead atoms. The Morgan fingerprint density at radius 1 is 1.57 bits per heavy atom. The summed E-state index contributed by atoms with van der Waals surface area (Å²) in [5.41, 5.74) is 3.08. The molecule has 0 aromatic carbocycles. The van der Waals surface area contributed by atoms with Crippen molar-refractivity contribution in [3.63, 3.8) is 0 Å². The van der Waals surface area contributed by atoms with Crippen LogP contribution < -0.4 is 5.32 Å². The summed E-state index contributed by atoms with van der Waals surface area (Å²) >= 11 is 1.67. The average molecular weight is 210 g/mol. The van der Waals surface area contributed by atoms with Gasteiger partial charge >= 0.3 is 0 Å². The van der Waals surface area contributed by atoms with Crippen LogP contribution >= 0.6 is 11.3 Å². The number of aromatic nitrogens is 1. The number of nitrogens with one attached hydrogen (secondary N) is 1. The normalized spacial score (nSPS) is 26.9. The maximum Gasteiger partial charge on any atom is 0.0795 e. The van der Waals surface area contributed by atoms with Crippen molar-refractivity contribution in [3.05, 3.63) is 16.6 Å². The van der Waals surface area contributed by atoms with E-state index in [2.05, 4.69) is 22.6 Å². The second kappa shape index (κ2) is 4.89. The largest absolute Gasteiger partial charge is 0.311 e. The van der Waals surface area contributed by atoms with E-state index in [-0.39, 0.29) is 0 Å². The molecule has 1 aromatic rings. The van der Waals surface area contributed by atoms with Crippen molar-refractivity contribution in [1.29, 1.82) is 0 Å². The number of thiazole rings is 1. The van der Waals surface area contributed by atoms with Gasteiger partial charge in [-0.1, -0.05) is 19.8 Å². The van der Waals surface area contributed by atoms with E-state index in [0.717, 1.165) is 18.4 Å². The van der Waals surface area contributed by atoms with Crippen LogP contribution in [0.4, 0.5) is 0 Å². The van der Waals surface area contributed by atoms with Gasteiger partial charge in [-0.05, 0) is 24.8 Å². The topological polar surface area (TPSA) is 24.9 Å². The SMILES string of the molecule is CC1CCCC1CNCc1cscn1. The Balaban J connectivity index is 1.68. The Bertz CT molecular complexity index is 258. The maximum absolute atomic E-state index is 4.26. The molecule has 2 rings (SSSR count). The molecule has 0 saturated heterocycles. The van der Waals surface area contributed by atoms with E-state index in [1.165, 1.54) is 31.5 Å². The van der Waals surface area contributed by atoms with E-state index in [1.807, 2.05) is 5.51 Å². The van der Waals surface area contributed by atoms with Crippen molar-refractivity contribution < 1.29 is 0 Å². The summed E-state index contributed by atoms with van der Waals surface area (Å²) in [4.78, 5) is 4.26. The summed E-state index contributed by atoms with van der Waals surface area (Å²) in [5, 5.41) is 5.62. The van der Waals surface area contributed by atoms with Gasteiger partial charge in [0.15, 0.2) is 0 Å². The lowest BCUT2D eigenvalue weighted by molar-refractivity contribution is 0.391. The molecule has 1 aromatic heterocycles. The van der Waals surface area contributed by atoms with Crippen LogP contribution in [0.25, 0.3) is 0 Å². The molecule has 0 amide bonds. The highest BCUT2D eigenvalue weighted by atomic mass is 32.1. The van der Waals surface area contributed by atoms with Gasteiger partial charge in [-0.15, -0.1) is 11.3 Å². The summed E-state index contributed by atoms with van der Waals surface area (Å²) in [6, 6.07) is 0. The first-order chi connectivity index (χ1) is 6.86. The van der Waals surface area contributed by atoms with Crippen molar-refractivity contribution in [2.45, 2.75) is 32.7 Å². The monoisotopic (exact) mass is 210 g/mol. The predicted octanol–water partition coefficient (Wildman–Crippen LogP) is 2.67. The lowest BCUT2D eigenvalue weighted by Crippen LogP contribution is -2.24. The minimum Gasteiger partial charge on any atom is -0.311 e. The van der Waals surface area contributed by atoms with Gasteiger partial charge in [0.1, 0.15) is 0 Å². The minimum atomic E-state index is 0.897. The van der Waals surface area contributed by atoms with Crippen LogP contribution in [0.3, 0.4) is 0 Å². The van der Waals surface area contributed by atoms with Crippen molar-refractivity contribution in [2.24, 2.45) is 11.8 Å². The van der Waals surface area contributed by atoms with Gasteiger partial charge in [0.2, 0.25) is 0 Å². The predicted molar refractivity (Wildman–Crippen MR) is 60.3 cm³/mol. The lowest BCUT2D eigenvalue weighted by Gasteiger charge is -2.15. The Labute approximate surface area is 89.8 Å². The van der Waals surface area contributed by atoms with Gasteiger partial charge < -0.3 is 5.32 Å². The smallest absolute Gasteiger partial charge is 0.0795 e. The first kappa shape index (κ1) is 10.1. The zero-order chi connectivity index (χ0) is 9.80. The molecule has 1 aliphatic rings. The van der Waals surface area contributed by atoms with Crippen LogP contribution in [0.5, 0.6) is 0 Å². The molecule has 3 heteroatoms. The molecule has 2 nitrogen and oxygen atoms in total. The molecule has 78 valence electrons. The third-order valence-corrected chi connectivity index (χ3v) is 3.87. The Morgan fingerprint density at radius 2 is 2.50 bits per heavy atom. The van der Waals surface area contributed by atoms with E-state index in [0.29, 0.717) is 0 Å². The van der Waals surface area contributed by atoms with Crippen LogP contribution in [0.2, 0.25) is 0 Å². The van der Waals surface area contributed by atoms with Gasteiger partial charge in [0, 0.05) is 11.9 Å². The molecule has 0 radical (unpaired) electrons. The molecule has 0 aliphatic heterocycles. The van der Waals surface area contributed by atoms with E-state index >= 15 is 0 Å². The number of nitrogens with zero attached hydrogens (tertiary/aromatic N) is 1. The number of hydrogen-bond donors (Lipinski definition) is 1. The van der Waals surface area contributed by atoms with Crippen LogP contribution in [-0.2, 0) is 6.54 Å². The summed E-state index contributed by atoms with van der Waals surface area (Å²) in [6.07, 6.45) is 4.25. The molecule has 14 heavy (non-hydrogen) atoms. The van der Waals surface area contributed by atoms with E-state index in [9.17, 15) is 0 Å². The first-order valence-corrected chi connectivity index (χ1v) is 6.38. The van der Waals surface area contributed by atoms with Gasteiger partial charge in [-0.25, -0.2) is 4.98 Å². The highest BCUT2D eigenvalue weighted by Gasteiger charge is 2.22. The minimum absolute atomic E-state index is 0.897. The van der Waals surface area contributed by atoms with Crippen molar-refractivity contribution in [2.75, 3.05) is 6.54 Å². The standard InChI is InChI=1S/C11H18N2S/c1-9-3-2-4-10(9)5-12-6-11-7-14-8-13-11/h7-10,12H,2-6H2,1H3. The number of rotatable bonds is 4. The quantitative estimate of drug-likeness (QED) is 0.826. The molecule has 1 saturated carbocycles. The first-order valence-electron chi connectivity index (χ1n) is 5.44. The van der Waals surface area contributed by atoms with Crippen molar-refractivity contribution in [3.8, 4) is 0 Å². The molecule has 1 heterocycles. The Kier molecular flexibility index (Phi) is 3.54. The van der Waals surface area contributed by atoms with Crippen molar-refractivity contribution in [1.82, 2.24) is 10.3 Å². The third kappa shape index (κ3) is 2.55. The zero-order valence-corrected chi connectivity index (χ0v) is 9.52. The third-order valence-electron chi connectivity index (χ3n) is 3.24.